The van der Waals surface area contributed by atoms with Gasteiger partial charge in [0.2, 0.25) is 0 Å². The number of ether oxygens (including phenoxy) is 2. The van der Waals surface area contributed by atoms with E-state index in [-0.39, 0.29) is 30.3 Å². The van der Waals surface area contributed by atoms with E-state index in [4.69, 9.17) is 20.9 Å². The van der Waals surface area contributed by atoms with Gasteiger partial charge >= 0.3 is 11.9 Å². The molecule has 0 bridgehead atoms. The van der Waals surface area contributed by atoms with Crippen LogP contribution in [0.3, 0.4) is 0 Å². The third-order valence-electron chi connectivity index (χ3n) is 10.9. The van der Waals surface area contributed by atoms with Crippen LogP contribution in [0.4, 0.5) is 0 Å². The molecule has 0 aliphatic heterocycles. The third kappa shape index (κ3) is 8.40. The van der Waals surface area contributed by atoms with Crippen molar-refractivity contribution < 1.29 is 28.7 Å². The van der Waals surface area contributed by atoms with Crippen molar-refractivity contribution in [1.82, 2.24) is 9.80 Å². The lowest BCUT2D eigenvalue weighted by atomic mass is 9.70. The van der Waals surface area contributed by atoms with Crippen LogP contribution < -0.4 is 11.5 Å². The number of hydrogen-bond donors (Lipinski definition) is 2. The first-order valence-electron chi connectivity index (χ1n) is 16.7. The molecular weight excluding hydrogens is 596 g/mol. The SMILES string of the molecule is CN(C)C1(Cc2ccccc2)CCC(OC(=O)CCCC(=O)OC2(C(N)=O)CCC(Cc3ccccc3)(N(C)C)CC2)(C(N)=O)CC1. The minimum absolute atomic E-state index is 0.0860. The number of nitrogens with zero attached hydrogens (tertiary/aromatic N) is 2. The molecule has 0 heterocycles. The highest BCUT2D eigenvalue weighted by Crippen LogP contribution is 2.43. The molecule has 256 valence electrons. The zero-order valence-electron chi connectivity index (χ0n) is 28.5. The van der Waals surface area contributed by atoms with Gasteiger partial charge in [-0.1, -0.05) is 60.7 Å². The summed E-state index contributed by atoms with van der Waals surface area (Å²) in [5.74, 6) is -2.48. The van der Waals surface area contributed by atoms with Crippen molar-refractivity contribution >= 4 is 23.8 Å². The van der Waals surface area contributed by atoms with Gasteiger partial charge in [0.1, 0.15) is 0 Å². The van der Waals surface area contributed by atoms with Gasteiger partial charge in [0.05, 0.1) is 0 Å². The molecule has 2 aliphatic rings. The van der Waals surface area contributed by atoms with E-state index in [0.717, 1.165) is 12.8 Å². The fourth-order valence-electron chi connectivity index (χ4n) is 7.47. The Bertz CT molecular complexity index is 1270. The van der Waals surface area contributed by atoms with Crippen LogP contribution in [-0.2, 0) is 41.5 Å². The number of esters is 2. The number of rotatable bonds is 14. The summed E-state index contributed by atoms with van der Waals surface area (Å²) in [5.41, 5.74) is 10.9. The number of likely N-dealkylation sites (N-methyl/N-ethyl adjacent to an activating group) is 2. The van der Waals surface area contributed by atoms with Crippen LogP contribution in [0.15, 0.2) is 60.7 Å². The molecule has 2 aliphatic carbocycles. The Balaban J connectivity index is 1.30. The number of amides is 2. The van der Waals surface area contributed by atoms with Crippen LogP contribution in [-0.4, -0.2) is 84.0 Å². The molecule has 4 rings (SSSR count). The monoisotopic (exact) mass is 648 g/mol. The maximum atomic E-state index is 13.0. The van der Waals surface area contributed by atoms with Crippen molar-refractivity contribution in [1.29, 1.82) is 0 Å². The van der Waals surface area contributed by atoms with E-state index < -0.39 is 35.0 Å². The second kappa shape index (κ2) is 15.0. The number of primary amides is 2. The standard InChI is InChI=1S/C37H52N4O6/c1-40(2)34(26-28-12-7-5-8-13-28)18-22-36(23-19-34,32(38)44)46-30(42)16-11-17-31(43)47-37(33(39)45)24-20-35(21-25-37,41(3)4)27-29-14-9-6-10-15-29/h5-10,12-15H,11,16-27H2,1-4H3,(H2,38,44)(H2,39,45). The van der Waals surface area contributed by atoms with Crippen molar-refractivity contribution in [2.75, 3.05) is 28.2 Å². The van der Waals surface area contributed by atoms with Gasteiger partial charge < -0.3 is 30.7 Å². The maximum absolute atomic E-state index is 13.0. The number of nitrogens with two attached hydrogens (primary N) is 2. The topological polar surface area (TPSA) is 145 Å². The first-order chi connectivity index (χ1) is 22.3. The highest BCUT2D eigenvalue weighted by molar-refractivity contribution is 5.87. The fraction of sp³-hybridized carbons (Fsp3) is 0.568. The van der Waals surface area contributed by atoms with Crippen molar-refractivity contribution in [3.63, 3.8) is 0 Å². The molecule has 0 atom stereocenters. The fourth-order valence-corrected chi connectivity index (χ4v) is 7.47. The maximum Gasteiger partial charge on any atom is 0.306 e. The molecule has 2 aromatic carbocycles. The Morgan fingerprint density at radius 3 is 1.17 bits per heavy atom. The normalized spacial score (nSPS) is 27.7. The Hall–Kier alpha value is -3.76. The number of benzene rings is 2. The van der Waals surface area contributed by atoms with E-state index >= 15 is 0 Å². The Morgan fingerprint density at radius 1 is 0.574 bits per heavy atom. The summed E-state index contributed by atoms with van der Waals surface area (Å²) in [5, 5.41) is 0. The summed E-state index contributed by atoms with van der Waals surface area (Å²) >= 11 is 0. The Labute approximate surface area is 279 Å². The average Bonchev–Trinajstić information content (AvgIpc) is 3.03. The lowest BCUT2D eigenvalue weighted by molar-refractivity contribution is -0.176. The van der Waals surface area contributed by atoms with Gasteiger partial charge in [-0.3, -0.25) is 19.2 Å². The molecule has 2 saturated carbocycles. The third-order valence-corrected chi connectivity index (χ3v) is 10.9. The van der Waals surface area contributed by atoms with Gasteiger partial charge in [0.25, 0.3) is 11.8 Å². The molecule has 2 fully saturated rings. The van der Waals surface area contributed by atoms with Crippen LogP contribution in [0, 0.1) is 0 Å². The molecule has 0 spiro atoms. The highest BCUT2D eigenvalue weighted by atomic mass is 16.6. The molecule has 10 nitrogen and oxygen atoms in total. The van der Waals surface area contributed by atoms with E-state index in [2.05, 4.69) is 34.1 Å². The predicted molar refractivity (Wildman–Crippen MR) is 180 cm³/mol. The summed E-state index contributed by atoms with van der Waals surface area (Å²) in [7, 11) is 8.13. The van der Waals surface area contributed by atoms with Gasteiger partial charge in [-0.15, -0.1) is 0 Å². The molecule has 2 amide bonds. The quantitative estimate of drug-likeness (QED) is 0.293. The molecule has 0 unspecified atom stereocenters. The van der Waals surface area contributed by atoms with Crippen LogP contribution in [0.25, 0.3) is 0 Å². The summed E-state index contributed by atoms with van der Waals surface area (Å²) in [6.07, 6.45) is 5.40. The van der Waals surface area contributed by atoms with Gasteiger partial charge in [0, 0.05) is 23.9 Å². The molecule has 47 heavy (non-hydrogen) atoms. The van der Waals surface area contributed by atoms with Crippen molar-refractivity contribution in [2.45, 2.75) is 106 Å². The van der Waals surface area contributed by atoms with Crippen LogP contribution in [0.1, 0.15) is 81.8 Å². The number of carbonyl (C=O) groups is 4. The van der Waals surface area contributed by atoms with Crippen molar-refractivity contribution in [3.05, 3.63) is 71.8 Å². The molecule has 4 N–H and O–H groups in total. The second-order valence-corrected chi connectivity index (χ2v) is 14.1. The summed E-state index contributed by atoms with van der Waals surface area (Å²) in [6.45, 7) is 0. The number of carbonyl (C=O) groups excluding carboxylic acids is 4. The first-order valence-corrected chi connectivity index (χ1v) is 16.7. The molecule has 10 heteroatoms. The van der Waals surface area contributed by atoms with E-state index in [1.807, 2.05) is 64.6 Å². The van der Waals surface area contributed by atoms with Gasteiger partial charge in [-0.25, -0.2) is 0 Å². The van der Waals surface area contributed by atoms with E-state index in [1.54, 1.807) is 0 Å². The van der Waals surface area contributed by atoms with Gasteiger partial charge in [-0.2, -0.15) is 0 Å². The first kappa shape index (κ1) is 36.1. The molecule has 0 aromatic heterocycles. The lowest BCUT2D eigenvalue weighted by Crippen LogP contribution is -2.57. The van der Waals surface area contributed by atoms with E-state index in [1.165, 1.54) is 11.1 Å². The smallest absolute Gasteiger partial charge is 0.306 e. The number of hydrogen-bond acceptors (Lipinski definition) is 8. The minimum Gasteiger partial charge on any atom is -0.449 e. The average molecular weight is 649 g/mol. The second-order valence-electron chi connectivity index (χ2n) is 14.1. The van der Waals surface area contributed by atoms with Gasteiger partial charge in [-0.05, 0) is 110 Å². The summed E-state index contributed by atoms with van der Waals surface area (Å²) in [4.78, 5) is 55.6. The summed E-state index contributed by atoms with van der Waals surface area (Å²) < 4.78 is 11.6. The van der Waals surface area contributed by atoms with Crippen LogP contribution >= 0.6 is 0 Å². The van der Waals surface area contributed by atoms with Crippen molar-refractivity contribution in [2.24, 2.45) is 11.5 Å². The molecule has 2 aromatic rings. The zero-order valence-corrected chi connectivity index (χ0v) is 28.5. The zero-order chi connectivity index (χ0) is 34.3. The Morgan fingerprint density at radius 2 is 0.894 bits per heavy atom. The Kier molecular flexibility index (Phi) is 11.5. The molecular formula is C37H52N4O6. The molecule has 0 saturated heterocycles. The largest absolute Gasteiger partial charge is 0.449 e. The van der Waals surface area contributed by atoms with Gasteiger partial charge in [0.15, 0.2) is 11.2 Å². The predicted octanol–water partition coefficient (Wildman–Crippen LogP) is 3.93. The van der Waals surface area contributed by atoms with Crippen molar-refractivity contribution in [3.8, 4) is 0 Å². The lowest BCUT2D eigenvalue weighted by Gasteiger charge is -2.48. The van der Waals surface area contributed by atoms with Crippen LogP contribution in [0.2, 0.25) is 0 Å². The minimum atomic E-state index is -1.38. The van der Waals surface area contributed by atoms with Crippen LogP contribution in [0.5, 0.6) is 0 Å². The summed E-state index contributed by atoms with van der Waals surface area (Å²) in [6, 6.07) is 20.4. The highest BCUT2D eigenvalue weighted by Gasteiger charge is 2.51. The van der Waals surface area contributed by atoms with E-state index in [9.17, 15) is 19.2 Å². The van der Waals surface area contributed by atoms with E-state index in [0.29, 0.717) is 51.4 Å². The molecule has 0 radical (unpaired) electrons.